The van der Waals surface area contributed by atoms with E-state index in [0.29, 0.717) is 5.25 Å². The number of rotatable bonds is 6. The molecular formula is C23H23NOS. The third kappa shape index (κ3) is 4.55. The van der Waals surface area contributed by atoms with Crippen molar-refractivity contribution in [2.45, 2.75) is 30.0 Å². The predicted octanol–water partition coefficient (Wildman–Crippen LogP) is 5.71. The van der Waals surface area contributed by atoms with Crippen LogP contribution in [-0.4, -0.2) is 11.2 Å². The molecule has 0 saturated heterocycles. The lowest BCUT2D eigenvalue weighted by Gasteiger charge is -2.21. The standard InChI is InChI=1S/C23H23NOS/c1-17(2)26-21-16-10-9-15-20(21)23(25)24-22(18-11-5-3-6-12-18)19-13-7-4-8-14-19/h3-17,22H,1-2H3,(H,24,25). The molecule has 0 spiro atoms. The van der Waals surface area contributed by atoms with Gasteiger partial charge in [-0.1, -0.05) is 86.6 Å². The maximum absolute atomic E-state index is 13.1. The van der Waals surface area contributed by atoms with Gasteiger partial charge in [0.05, 0.1) is 11.6 Å². The second-order valence-corrected chi connectivity index (χ2v) is 8.01. The van der Waals surface area contributed by atoms with Crippen molar-refractivity contribution in [3.8, 4) is 0 Å². The number of amides is 1. The van der Waals surface area contributed by atoms with Gasteiger partial charge < -0.3 is 5.32 Å². The van der Waals surface area contributed by atoms with Crippen LogP contribution in [0.3, 0.4) is 0 Å². The summed E-state index contributed by atoms with van der Waals surface area (Å²) < 4.78 is 0. The van der Waals surface area contributed by atoms with Crippen LogP contribution in [0.25, 0.3) is 0 Å². The Kier molecular flexibility index (Phi) is 6.13. The number of hydrogen-bond donors (Lipinski definition) is 1. The molecule has 0 aliphatic heterocycles. The van der Waals surface area contributed by atoms with Crippen molar-refractivity contribution in [3.63, 3.8) is 0 Å². The minimum absolute atomic E-state index is 0.0496. The van der Waals surface area contributed by atoms with Gasteiger partial charge in [0, 0.05) is 10.1 Å². The third-order valence-corrected chi connectivity index (χ3v) is 5.12. The zero-order valence-electron chi connectivity index (χ0n) is 15.1. The van der Waals surface area contributed by atoms with Crippen molar-refractivity contribution in [1.29, 1.82) is 0 Å². The average molecular weight is 362 g/mol. The molecule has 0 saturated carbocycles. The summed E-state index contributed by atoms with van der Waals surface area (Å²) in [5.74, 6) is -0.0496. The van der Waals surface area contributed by atoms with Crippen LogP contribution in [0.4, 0.5) is 0 Å². The average Bonchev–Trinajstić information content (AvgIpc) is 2.67. The van der Waals surface area contributed by atoms with Gasteiger partial charge in [-0.3, -0.25) is 4.79 Å². The van der Waals surface area contributed by atoms with Gasteiger partial charge in [0.1, 0.15) is 0 Å². The van der Waals surface area contributed by atoms with Gasteiger partial charge >= 0.3 is 0 Å². The first kappa shape index (κ1) is 18.3. The van der Waals surface area contributed by atoms with Gasteiger partial charge in [-0.2, -0.15) is 0 Å². The molecule has 0 aliphatic carbocycles. The van der Waals surface area contributed by atoms with Crippen LogP contribution in [0.1, 0.15) is 41.4 Å². The monoisotopic (exact) mass is 361 g/mol. The second kappa shape index (κ2) is 8.72. The first-order valence-corrected chi connectivity index (χ1v) is 9.69. The number of carbonyl (C=O) groups excluding carboxylic acids is 1. The van der Waals surface area contributed by atoms with Gasteiger partial charge in [-0.15, -0.1) is 11.8 Å². The van der Waals surface area contributed by atoms with Crippen LogP contribution in [0, 0.1) is 0 Å². The highest BCUT2D eigenvalue weighted by molar-refractivity contribution is 8.00. The first-order chi connectivity index (χ1) is 12.6. The van der Waals surface area contributed by atoms with E-state index >= 15 is 0 Å². The van der Waals surface area contributed by atoms with Gasteiger partial charge in [0.15, 0.2) is 0 Å². The zero-order valence-corrected chi connectivity index (χ0v) is 15.9. The molecule has 0 bridgehead atoms. The lowest BCUT2D eigenvalue weighted by atomic mass is 9.98. The molecule has 2 nitrogen and oxygen atoms in total. The number of benzene rings is 3. The molecule has 0 unspecified atom stereocenters. The highest BCUT2D eigenvalue weighted by Crippen LogP contribution is 2.28. The van der Waals surface area contributed by atoms with Crippen LogP contribution in [0.2, 0.25) is 0 Å². The van der Waals surface area contributed by atoms with E-state index in [1.807, 2.05) is 84.9 Å². The Morgan fingerprint density at radius 1 is 0.769 bits per heavy atom. The number of carbonyl (C=O) groups is 1. The van der Waals surface area contributed by atoms with Crippen molar-refractivity contribution in [3.05, 3.63) is 102 Å². The summed E-state index contributed by atoms with van der Waals surface area (Å²) in [5.41, 5.74) is 2.87. The normalized spacial score (nSPS) is 10.9. The highest BCUT2D eigenvalue weighted by Gasteiger charge is 2.19. The SMILES string of the molecule is CC(C)Sc1ccccc1C(=O)NC(c1ccccc1)c1ccccc1. The molecule has 0 heterocycles. The van der Waals surface area contributed by atoms with Gasteiger partial charge in [-0.05, 0) is 23.3 Å². The Balaban J connectivity index is 1.92. The summed E-state index contributed by atoms with van der Waals surface area (Å²) in [7, 11) is 0. The Labute approximate surface area is 159 Å². The highest BCUT2D eigenvalue weighted by atomic mass is 32.2. The van der Waals surface area contributed by atoms with Crippen LogP contribution in [0.15, 0.2) is 89.8 Å². The van der Waals surface area contributed by atoms with E-state index in [1.165, 1.54) is 0 Å². The van der Waals surface area contributed by atoms with Crippen LogP contribution in [0.5, 0.6) is 0 Å². The van der Waals surface area contributed by atoms with E-state index in [0.717, 1.165) is 21.6 Å². The molecule has 3 aromatic rings. The molecule has 1 N–H and O–H groups in total. The largest absolute Gasteiger partial charge is 0.341 e. The maximum Gasteiger partial charge on any atom is 0.253 e. The molecule has 0 atom stereocenters. The zero-order chi connectivity index (χ0) is 18.4. The van der Waals surface area contributed by atoms with E-state index in [2.05, 4.69) is 19.2 Å². The van der Waals surface area contributed by atoms with Crippen LogP contribution < -0.4 is 5.32 Å². The summed E-state index contributed by atoms with van der Waals surface area (Å²) >= 11 is 1.71. The van der Waals surface area contributed by atoms with Crippen LogP contribution >= 0.6 is 11.8 Å². The molecule has 0 aromatic heterocycles. The molecule has 0 fully saturated rings. The summed E-state index contributed by atoms with van der Waals surface area (Å²) in [4.78, 5) is 14.1. The maximum atomic E-state index is 13.1. The van der Waals surface area contributed by atoms with E-state index in [9.17, 15) is 4.79 Å². The van der Waals surface area contributed by atoms with E-state index in [-0.39, 0.29) is 11.9 Å². The molecule has 26 heavy (non-hydrogen) atoms. The molecule has 132 valence electrons. The molecule has 1 amide bonds. The Bertz CT molecular complexity index is 807. The molecular weight excluding hydrogens is 338 g/mol. The fourth-order valence-electron chi connectivity index (χ4n) is 2.87. The molecule has 0 radical (unpaired) electrons. The number of nitrogens with one attached hydrogen (secondary N) is 1. The van der Waals surface area contributed by atoms with E-state index in [1.54, 1.807) is 11.8 Å². The number of thioether (sulfide) groups is 1. The van der Waals surface area contributed by atoms with Crippen molar-refractivity contribution in [1.82, 2.24) is 5.32 Å². The lowest BCUT2D eigenvalue weighted by molar-refractivity contribution is 0.0940. The Morgan fingerprint density at radius 2 is 1.27 bits per heavy atom. The van der Waals surface area contributed by atoms with Gasteiger partial charge in [0.25, 0.3) is 5.91 Å². The topological polar surface area (TPSA) is 29.1 Å². The summed E-state index contributed by atoms with van der Waals surface area (Å²) in [6.07, 6.45) is 0. The third-order valence-electron chi connectivity index (χ3n) is 4.04. The summed E-state index contributed by atoms with van der Waals surface area (Å²) in [6, 6.07) is 27.8. The van der Waals surface area contributed by atoms with Crippen molar-refractivity contribution < 1.29 is 4.79 Å². The fraction of sp³-hybridized carbons (Fsp3) is 0.174. The Morgan fingerprint density at radius 3 is 1.81 bits per heavy atom. The van der Waals surface area contributed by atoms with E-state index in [4.69, 9.17) is 0 Å². The van der Waals surface area contributed by atoms with Crippen molar-refractivity contribution in [2.75, 3.05) is 0 Å². The minimum atomic E-state index is -0.179. The molecule has 3 heteroatoms. The molecule has 3 rings (SSSR count). The molecule has 0 aliphatic rings. The van der Waals surface area contributed by atoms with E-state index < -0.39 is 0 Å². The Hall–Kier alpha value is -2.52. The second-order valence-electron chi connectivity index (χ2n) is 6.39. The van der Waals surface area contributed by atoms with Crippen LogP contribution in [-0.2, 0) is 0 Å². The van der Waals surface area contributed by atoms with Crippen molar-refractivity contribution in [2.24, 2.45) is 0 Å². The first-order valence-electron chi connectivity index (χ1n) is 8.81. The quantitative estimate of drug-likeness (QED) is 0.570. The lowest BCUT2D eigenvalue weighted by Crippen LogP contribution is -2.29. The fourth-order valence-corrected chi connectivity index (χ4v) is 3.82. The van der Waals surface area contributed by atoms with Gasteiger partial charge in [0.2, 0.25) is 0 Å². The minimum Gasteiger partial charge on any atom is -0.341 e. The molecule has 3 aromatic carbocycles. The summed E-state index contributed by atoms with van der Waals surface area (Å²) in [6.45, 7) is 4.27. The predicted molar refractivity (Wildman–Crippen MR) is 110 cm³/mol. The smallest absolute Gasteiger partial charge is 0.253 e. The van der Waals surface area contributed by atoms with Crippen molar-refractivity contribution >= 4 is 17.7 Å². The van der Waals surface area contributed by atoms with Gasteiger partial charge in [-0.25, -0.2) is 0 Å². The number of hydrogen-bond acceptors (Lipinski definition) is 2. The summed E-state index contributed by atoms with van der Waals surface area (Å²) in [5, 5.41) is 3.65.